The molecule has 0 fully saturated rings. The van der Waals surface area contributed by atoms with E-state index in [0.717, 1.165) is 27.4 Å². The van der Waals surface area contributed by atoms with E-state index in [-0.39, 0.29) is 0 Å². The van der Waals surface area contributed by atoms with Gasteiger partial charge in [-0.15, -0.1) is 0 Å². The van der Waals surface area contributed by atoms with E-state index in [4.69, 9.17) is 11.6 Å². The Morgan fingerprint density at radius 2 is 2.31 bits per heavy atom. The molecule has 0 radical (unpaired) electrons. The summed E-state index contributed by atoms with van der Waals surface area (Å²) in [6.45, 7) is 0.718. The van der Waals surface area contributed by atoms with E-state index < -0.39 is 0 Å². The van der Waals surface area contributed by atoms with Crippen LogP contribution in [0.5, 0.6) is 0 Å². The first-order chi connectivity index (χ1) is 7.66. The van der Waals surface area contributed by atoms with Crippen LogP contribution in [0.25, 0.3) is 0 Å². The van der Waals surface area contributed by atoms with E-state index in [1.165, 1.54) is 0 Å². The minimum absolute atomic E-state index is 0.718. The van der Waals surface area contributed by atoms with Gasteiger partial charge in [0.05, 0.1) is 24.3 Å². The second-order valence-corrected chi connectivity index (χ2v) is 4.76. The molecule has 1 heterocycles. The molecule has 2 rings (SSSR count). The summed E-state index contributed by atoms with van der Waals surface area (Å²) in [5.41, 5.74) is 2.10. The highest BCUT2D eigenvalue weighted by molar-refractivity contribution is 9.10. The van der Waals surface area contributed by atoms with Crippen LogP contribution in [-0.2, 0) is 13.6 Å². The van der Waals surface area contributed by atoms with Gasteiger partial charge in [-0.1, -0.05) is 11.6 Å². The fourth-order valence-corrected chi connectivity index (χ4v) is 1.93. The molecule has 0 saturated carbocycles. The molecule has 0 atom stereocenters. The predicted octanol–water partition coefficient (Wildman–Crippen LogP) is 3.45. The zero-order chi connectivity index (χ0) is 11.5. The van der Waals surface area contributed by atoms with Crippen LogP contribution < -0.4 is 5.32 Å². The Morgan fingerprint density at radius 1 is 1.50 bits per heavy atom. The van der Waals surface area contributed by atoms with Crippen LogP contribution >= 0.6 is 27.5 Å². The lowest BCUT2D eigenvalue weighted by molar-refractivity contribution is 0.837. The molecule has 0 bridgehead atoms. The summed E-state index contributed by atoms with van der Waals surface area (Å²) in [6, 6.07) is 5.66. The van der Waals surface area contributed by atoms with Crippen LogP contribution in [0.15, 0.2) is 35.2 Å². The molecular formula is C11H11BrClN3. The van der Waals surface area contributed by atoms with E-state index in [9.17, 15) is 0 Å². The molecule has 0 aliphatic rings. The Morgan fingerprint density at radius 3 is 3.00 bits per heavy atom. The van der Waals surface area contributed by atoms with Crippen LogP contribution in [0.1, 0.15) is 5.69 Å². The summed E-state index contributed by atoms with van der Waals surface area (Å²) in [5.74, 6) is 0. The highest BCUT2D eigenvalue weighted by atomic mass is 79.9. The van der Waals surface area contributed by atoms with Crippen molar-refractivity contribution >= 4 is 33.2 Å². The van der Waals surface area contributed by atoms with Crippen molar-refractivity contribution in [2.24, 2.45) is 7.05 Å². The molecule has 84 valence electrons. The minimum Gasteiger partial charge on any atom is -0.378 e. The van der Waals surface area contributed by atoms with Gasteiger partial charge in [-0.2, -0.15) is 0 Å². The average Bonchev–Trinajstić information content (AvgIpc) is 2.66. The number of imidazole rings is 1. The van der Waals surface area contributed by atoms with Gasteiger partial charge in [-0.3, -0.25) is 0 Å². The highest BCUT2D eigenvalue weighted by Gasteiger charge is 2.02. The fourth-order valence-electron chi connectivity index (χ4n) is 1.37. The minimum atomic E-state index is 0.718. The summed E-state index contributed by atoms with van der Waals surface area (Å²) >= 11 is 9.40. The number of rotatable bonds is 3. The molecule has 1 N–H and O–H groups in total. The standard InChI is InChI=1S/C11H11BrClN3/c1-16-7-14-5-9(16)6-15-11-4-8(13)2-3-10(11)12/h2-5,7,15H,6H2,1H3. The first-order valence-corrected chi connectivity index (χ1v) is 5.98. The number of hydrogen-bond donors (Lipinski definition) is 1. The first-order valence-electron chi connectivity index (χ1n) is 4.81. The van der Waals surface area contributed by atoms with Gasteiger partial charge < -0.3 is 9.88 Å². The molecule has 0 unspecified atom stereocenters. The lowest BCUT2D eigenvalue weighted by Crippen LogP contribution is -2.04. The van der Waals surface area contributed by atoms with Gasteiger partial charge in [0.2, 0.25) is 0 Å². The molecule has 0 aliphatic heterocycles. The number of hydrogen-bond acceptors (Lipinski definition) is 2. The molecule has 5 heteroatoms. The first kappa shape index (κ1) is 11.5. The molecular weight excluding hydrogens is 289 g/mol. The second-order valence-electron chi connectivity index (χ2n) is 3.47. The lowest BCUT2D eigenvalue weighted by atomic mass is 10.3. The van der Waals surface area contributed by atoms with E-state index in [1.54, 1.807) is 6.33 Å². The van der Waals surface area contributed by atoms with Crippen LogP contribution in [-0.4, -0.2) is 9.55 Å². The Kier molecular flexibility index (Phi) is 3.51. The van der Waals surface area contributed by atoms with Gasteiger partial charge in [0.15, 0.2) is 0 Å². The van der Waals surface area contributed by atoms with Crippen LogP contribution in [0.3, 0.4) is 0 Å². The third kappa shape index (κ3) is 2.57. The van der Waals surface area contributed by atoms with Gasteiger partial charge in [-0.05, 0) is 34.1 Å². The predicted molar refractivity (Wildman–Crippen MR) is 69.7 cm³/mol. The molecule has 3 nitrogen and oxygen atoms in total. The summed E-state index contributed by atoms with van der Waals surface area (Å²) in [4.78, 5) is 4.06. The molecule has 16 heavy (non-hydrogen) atoms. The number of aryl methyl sites for hydroxylation is 1. The summed E-state index contributed by atoms with van der Waals surface area (Å²) < 4.78 is 2.98. The molecule has 1 aromatic carbocycles. The molecule has 0 spiro atoms. The Hall–Kier alpha value is -1.000. The molecule has 0 saturated heterocycles. The third-order valence-corrected chi connectivity index (χ3v) is 3.23. The van der Waals surface area contributed by atoms with Crippen molar-refractivity contribution in [2.75, 3.05) is 5.32 Å². The molecule has 1 aromatic heterocycles. The van der Waals surface area contributed by atoms with Crippen molar-refractivity contribution in [3.8, 4) is 0 Å². The van der Waals surface area contributed by atoms with Crippen molar-refractivity contribution in [1.82, 2.24) is 9.55 Å². The maximum absolute atomic E-state index is 5.93. The zero-order valence-corrected chi connectivity index (χ0v) is 11.1. The van der Waals surface area contributed by atoms with E-state index in [1.807, 2.05) is 36.0 Å². The van der Waals surface area contributed by atoms with E-state index in [0.29, 0.717) is 0 Å². The highest BCUT2D eigenvalue weighted by Crippen LogP contribution is 2.26. The topological polar surface area (TPSA) is 29.9 Å². The van der Waals surface area contributed by atoms with Crippen molar-refractivity contribution in [3.05, 3.63) is 45.9 Å². The van der Waals surface area contributed by atoms with Gasteiger partial charge in [0.25, 0.3) is 0 Å². The van der Waals surface area contributed by atoms with Crippen molar-refractivity contribution in [3.63, 3.8) is 0 Å². The number of nitrogens with one attached hydrogen (secondary N) is 1. The summed E-state index contributed by atoms with van der Waals surface area (Å²) in [7, 11) is 1.97. The third-order valence-electron chi connectivity index (χ3n) is 2.30. The Bertz CT molecular complexity index is 496. The number of nitrogens with zero attached hydrogens (tertiary/aromatic N) is 2. The molecule has 0 amide bonds. The number of anilines is 1. The van der Waals surface area contributed by atoms with Crippen LogP contribution in [0.2, 0.25) is 5.02 Å². The van der Waals surface area contributed by atoms with E-state index >= 15 is 0 Å². The number of aromatic nitrogens is 2. The van der Waals surface area contributed by atoms with Crippen LogP contribution in [0.4, 0.5) is 5.69 Å². The Labute approximate surface area is 108 Å². The molecule has 2 aromatic rings. The van der Waals surface area contributed by atoms with Crippen molar-refractivity contribution in [1.29, 1.82) is 0 Å². The number of benzene rings is 1. The van der Waals surface area contributed by atoms with Crippen molar-refractivity contribution in [2.45, 2.75) is 6.54 Å². The lowest BCUT2D eigenvalue weighted by Gasteiger charge is -2.09. The maximum Gasteiger partial charge on any atom is 0.0946 e. The van der Waals surface area contributed by atoms with Crippen LogP contribution in [0, 0.1) is 0 Å². The van der Waals surface area contributed by atoms with E-state index in [2.05, 4.69) is 26.2 Å². The summed E-state index contributed by atoms with van der Waals surface area (Å²) in [5, 5.41) is 4.02. The number of halogens is 2. The van der Waals surface area contributed by atoms with Gasteiger partial charge >= 0.3 is 0 Å². The quantitative estimate of drug-likeness (QED) is 0.941. The average molecular weight is 301 g/mol. The smallest absolute Gasteiger partial charge is 0.0946 e. The monoisotopic (exact) mass is 299 g/mol. The largest absolute Gasteiger partial charge is 0.378 e. The van der Waals surface area contributed by atoms with Crippen molar-refractivity contribution < 1.29 is 0 Å². The zero-order valence-electron chi connectivity index (χ0n) is 8.74. The summed E-state index contributed by atoms with van der Waals surface area (Å²) in [6.07, 6.45) is 3.62. The van der Waals surface area contributed by atoms with Gasteiger partial charge in [0.1, 0.15) is 0 Å². The maximum atomic E-state index is 5.93. The van der Waals surface area contributed by atoms with Gasteiger partial charge in [-0.25, -0.2) is 4.98 Å². The van der Waals surface area contributed by atoms with Gasteiger partial charge in [0, 0.05) is 22.7 Å². The fraction of sp³-hybridized carbons (Fsp3) is 0.182. The SMILES string of the molecule is Cn1cncc1CNc1cc(Cl)ccc1Br. The molecule has 0 aliphatic carbocycles. The Balaban J connectivity index is 2.10. The normalized spacial score (nSPS) is 10.4. The second kappa shape index (κ2) is 4.89.